The summed E-state index contributed by atoms with van der Waals surface area (Å²) in [5, 5.41) is 3.53. The molecule has 1 saturated carbocycles. The van der Waals surface area contributed by atoms with E-state index in [9.17, 15) is 9.59 Å². The fraction of sp³-hybridized carbons (Fsp3) is 0.875. The van der Waals surface area contributed by atoms with Gasteiger partial charge in [0.2, 0.25) is 11.8 Å². The second-order valence-electron chi connectivity index (χ2n) is 7.10. The fourth-order valence-corrected chi connectivity index (χ4v) is 3.67. The molecule has 1 N–H and O–H groups in total. The van der Waals surface area contributed by atoms with E-state index in [-0.39, 0.29) is 17.2 Å². The number of hydrogen-bond donors (Lipinski definition) is 1. The third kappa shape index (κ3) is 3.60. The van der Waals surface area contributed by atoms with Crippen molar-refractivity contribution in [3.63, 3.8) is 0 Å². The summed E-state index contributed by atoms with van der Waals surface area (Å²) < 4.78 is 0. The van der Waals surface area contributed by atoms with Crippen LogP contribution in [0.5, 0.6) is 0 Å². The van der Waals surface area contributed by atoms with Gasteiger partial charge in [-0.05, 0) is 37.1 Å². The highest BCUT2D eigenvalue weighted by molar-refractivity contribution is 5.98. The predicted octanol–water partition coefficient (Wildman–Crippen LogP) is 2.33. The van der Waals surface area contributed by atoms with Crippen molar-refractivity contribution < 1.29 is 9.59 Å². The second-order valence-corrected chi connectivity index (χ2v) is 7.10. The molecule has 4 heteroatoms. The number of rotatable bonds is 5. The van der Waals surface area contributed by atoms with E-state index in [1.165, 1.54) is 24.2 Å². The van der Waals surface area contributed by atoms with E-state index in [1.807, 2.05) is 13.8 Å². The van der Waals surface area contributed by atoms with E-state index >= 15 is 0 Å². The van der Waals surface area contributed by atoms with Crippen LogP contribution in [-0.4, -0.2) is 35.8 Å². The summed E-state index contributed by atoms with van der Waals surface area (Å²) in [4.78, 5) is 25.8. The molecule has 0 aromatic heterocycles. The zero-order valence-electron chi connectivity index (χ0n) is 13.1. The van der Waals surface area contributed by atoms with Gasteiger partial charge in [0.25, 0.3) is 0 Å². The van der Waals surface area contributed by atoms with Crippen LogP contribution < -0.4 is 5.32 Å². The average Bonchev–Trinajstić information content (AvgIpc) is 2.74. The molecular formula is C16H28N2O2. The van der Waals surface area contributed by atoms with E-state index in [2.05, 4.69) is 12.2 Å². The molecule has 1 aliphatic carbocycles. The number of imide groups is 1. The van der Waals surface area contributed by atoms with E-state index in [0.717, 1.165) is 13.0 Å². The number of likely N-dealkylation sites (tertiary alicyclic amines) is 1. The van der Waals surface area contributed by atoms with Crippen LogP contribution in [0.2, 0.25) is 0 Å². The normalized spacial score (nSPS) is 30.1. The van der Waals surface area contributed by atoms with E-state index in [1.54, 1.807) is 0 Å². The number of amides is 2. The molecule has 0 aromatic rings. The minimum atomic E-state index is -0.162. The second kappa shape index (κ2) is 6.25. The molecule has 0 bridgehead atoms. The van der Waals surface area contributed by atoms with Crippen molar-refractivity contribution in [2.45, 2.75) is 65.3 Å². The summed E-state index contributed by atoms with van der Waals surface area (Å²) in [6, 6.07) is 0.575. The lowest BCUT2D eigenvalue weighted by atomic mass is 9.81. The Labute approximate surface area is 122 Å². The largest absolute Gasteiger partial charge is 0.314 e. The Morgan fingerprint density at radius 3 is 2.45 bits per heavy atom. The third-order valence-electron chi connectivity index (χ3n) is 4.71. The smallest absolute Gasteiger partial charge is 0.229 e. The first-order valence-corrected chi connectivity index (χ1v) is 7.99. The first-order chi connectivity index (χ1) is 9.43. The molecule has 114 valence electrons. The van der Waals surface area contributed by atoms with Crippen LogP contribution in [0.3, 0.4) is 0 Å². The molecule has 20 heavy (non-hydrogen) atoms. The SMILES string of the molecule is CCNC1CCCC1CCN1C(=O)CC(C)(C)CC1=O. The summed E-state index contributed by atoms with van der Waals surface area (Å²) in [5.74, 6) is 0.652. The van der Waals surface area contributed by atoms with E-state index < -0.39 is 0 Å². The van der Waals surface area contributed by atoms with Gasteiger partial charge >= 0.3 is 0 Å². The first kappa shape index (κ1) is 15.5. The van der Waals surface area contributed by atoms with Crippen LogP contribution >= 0.6 is 0 Å². The minimum Gasteiger partial charge on any atom is -0.314 e. The molecule has 2 aliphatic rings. The highest BCUT2D eigenvalue weighted by atomic mass is 16.2. The molecule has 0 aromatic carbocycles. The third-order valence-corrected chi connectivity index (χ3v) is 4.71. The predicted molar refractivity (Wildman–Crippen MR) is 79.2 cm³/mol. The lowest BCUT2D eigenvalue weighted by Crippen LogP contribution is -2.47. The monoisotopic (exact) mass is 280 g/mol. The first-order valence-electron chi connectivity index (χ1n) is 7.99. The summed E-state index contributed by atoms with van der Waals surface area (Å²) in [6.45, 7) is 7.74. The van der Waals surface area contributed by atoms with Crippen molar-refractivity contribution in [3.05, 3.63) is 0 Å². The minimum absolute atomic E-state index is 0.0178. The van der Waals surface area contributed by atoms with E-state index in [0.29, 0.717) is 31.3 Å². The Kier molecular flexibility index (Phi) is 4.84. The maximum atomic E-state index is 12.1. The number of nitrogens with zero attached hydrogens (tertiary/aromatic N) is 1. The average molecular weight is 280 g/mol. The van der Waals surface area contributed by atoms with Crippen LogP contribution in [0.4, 0.5) is 0 Å². The van der Waals surface area contributed by atoms with Gasteiger partial charge in [-0.3, -0.25) is 14.5 Å². The molecule has 1 saturated heterocycles. The molecule has 2 unspecified atom stereocenters. The van der Waals surface area contributed by atoms with Gasteiger partial charge in [-0.25, -0.2) is 0 Å². The van der Waals surface area contributed by atoms with Gasteiger partial charge in [0.1, 0.15) is 0 Å². The Balaban J connectivity index is 1.87. The van der Waals surface area contributed by atoms with Crippen LogP contribution in [0.15, 0.2) is 0 Å². The number of hydrogen-bond acceptors (Lipinski definition) is 3. The molecule has 2 atom stereocenters. The highest BCUT2D eigenvalue weighted by Crippen LogP contribution is 2.33. The fourth-order valence-electron chi connectivity index (χ4n) is 3.67. The van der Waals surface area contributed by atoms with Gasteiger partial charge in [-0.2, -0.15) is 0 Å². The van der Waals surface area contributed by atoms with Crippen molar-refractivity contribution in [1.29, 1.82) is 0 Å². The molecule has 0 radical (unpaired) electrons. The van der Waals surface area contributed by atoms with Gasteiger partial charge < -0.3 is 5.32 Å². The maximum Gasteiger partial charge on any atom is 0.229 e. The Bertz CT molecular complexity index is 359. The molecule has 1 aliphatic heterocycles. The van der Waals surface area contributed by atoms with Gasteiger partial charge in [0.15, 0.2) is 0 Å². The van der Waals surface area contributed by atoms with Crippen molar-refractivity contribution in [1.82, 2.24) is 10.2 Å². The van der Waals surface area contributed by atoms with Gasteiger partial charge in [-0.15, -0.1) is 0 Å². The van der Waals surface area contributed by atoms with Crippen molar-refractivity contribution in [2.24, 2.45) is 11.3 Å². The molecule has 1 heterocycles. The summed E-state index contributed by atoms with van der Waals surface area (Å²) in [6.07, 6.45) is 5.67. The molecular weight excluding hydrogens is 252 g/mol. The van der Waals surface area contributed by atoms with Gasteiger partial charge in [-0.1, -0.05) is 27.2 Å². The molecule has 4 nitrogen and oxygen atoms in total. The summed E-state index contributed by atoms with van der Waals surface area (Å²) in [5.41, 5.74) is -0.162. The zero-order chi connectivity index (χ0) is 14.8. The Morgan fingerprint density at radius 1 is 1.20 bits per heavy atom. The van der Waals surface area contributed by atoms with E-state index in [4.69, 9.17) is 0 Å². The Hall–Kier alpha value is -0.900. The summed E-state index contributed by atoms with van der Waals surface area (Å²) >= 11 is 0. The maximum absolute atomic E-state index is 12.1. The van der Waals surface area contributed by atoms with Crippen LogP contribution in [0.1, 0.15) is 59.3 Å². The molecule has 2 fully saturated rings. The van der Waals surface area contributed by atoms with Crippen LogP contribution in [0.25, 0.3) is 0 Å². The summed E-state index contributed by atoms with van der Waals surface area (Å²) in [7, 11) is 0. The molecule has 2 amide bonds. The standard InChI is InChI=1S/C16H28N2O2/c1-4-17-13-7-5-6-12(13)8-9-18-14(19)10-16(2,3)11-15(18)20/h12-13,17H,4-11H2,1-3H3. The number of carbonyl (C=O) groups excluding carboxylic acids is 2. The van der Waals surface area contributed by atoms with Crippen molar-refractivity contribution in [3.8, 4) is 0 Å². The van der Waals surface area contributed by atoms with Crippen molar-refractivity contribution >= 4 is 11.8 Å². The topological polar surface area (TPSA) is 49.4 Å². The lowest BCUT2D eigenvalue weighted by molar-refractivity contribution is -0.152. The lowest BCUT2D eigenvalue weighted by Gasteiger charge is -2.35. The number of nitrogens with one attached hydrogen (secondary N) is 1. The highest BCUT2D eigenvalue weighted by Gasteiger charge is 2.37. The zero-order valence-corrected chi connectivity index (χ0v) is 13.1. The molecule has 2 rings (SSSR count). The molecule has 0 spiro atoms. The number of carbonyl (C=O) groups is 2. The number of piperidine rings is 1. The quantitative estimate of drug-likeness (QED) is 0.786. The van der Waals surface area contributed by atoms with Gasteiger partial charge in [0.05, 0.1) is 0 Å². The Morgan fingerprint density at radius 2 is 1.85 bits per heavy atom. The van der Waals surface area contributed by atoms with Crippen LogP contribution in [0, 0.1) is 11.3 Å². The van der Waals surface area contributed by atoms with Crippen LogP contribution in [-0.2, 0) is 9.59 Å². The van der Waals surface area contributed by atoms with Crippen molar-refractivity contribution in [2.75, 3.05) is 13.1 Å². The van der Waals surface area contributed by atoms with Gasteiger partial charge in [0, 0.05) is 25.4 Å².